The predicted molar refractivity (Wildman–Crippen MR) is 83.5 cm³/mol. The van der Waals surface area contributed by atoms with Gasteiger partial charge in [-0.25, -0.2) is 0 Å². The van der Waals surface area contributed by atoms with Gasteiger partial charge in [-0.15, -0.1) is 0 Å². The van der Waals surface area contributed by atoms with Crippen LogP contribution in [0.25, 0.3) is 11.1 Å². The van der Waals surface area contributed by atoms with Gasteiger partial charge in [-0.1, -0.05) is 54.6 Å². The lowest BCUT2D eigenvalue weighted by Gasteiger charge is -2.03. The molecule has 2 aromatic carbocycles. The third-order valence-electron chi connectivity index (χ3n) is 3.54. The van der Waals surface area contributed by atoms with Gasteiger partial charge in [0.05, 0.1) is 5.56 Å². The van der Waals surface area contributed by atoms with Crippen LogP contribution in [0.15, 0.2) is 65.1 Å². The van der Waals surface area contributed by atoms with E-state index in [1.165, 1.54) is 0 Å². The van der Waals surface area contributed by atoms with Crippen molar-refractivity contribution in [1.29, 1.82) is 0 Å². The highest BCUT2D eigenvalue weighted by molar-refractivity contribution is 6.09. The first-order valence-corrected chi connectivity index (χ1v) is 6.92. The molecule has 21 heavy (non-hydrogen) atoms. The van der Waals surface area contributed by atoms with Gasteiger partial charge in [0.15, 0.2) is 5.78 Å². The maximum absolute atomic E-state index is 12.5. The van der Waals surface area contributed by atoms with Crippen molar-refractivity contribution in [2.75, 3.05) is 0 Å². The number of carbonyl (C=O) groups is 1. The number of furan rings is 1. The summed E-state index contributed by atoms with van der Waals surface area (Å²) >= 11 is 0. The minimum absolute atomic E-state index is 0.00367. The van der Waals surface area contributed by atoms with Crippen molar-refractivity contribution in [3.63, 3.8) is 0 Å². The van der Waals surface area contributed by atoms with Gasteiger partial charge in [0.2, 0.25) is 0 Å². The second kappa shape index (κ2) is 5.41. The second-order valence-corrected chi connectivity index (χ2v) is 5.10. The standard InChI is InChI=1S/C19H16O2/c1-13-12-18(14(2)21-13)19(20)17-10-8-16(9-11-17)15-6-4-3-5-7-15/h3-12H,1-2H3. The maximum atomic E-state index is 12.5. The Kier molecular flexibility index (Phi) is 3.44. The van der Waals surface area contributed by atoms with Crippen LogP contribution >= 0.6 is 0 Å². The van der Waals surface area contributed by atoms with Crippen LogP contribution in [0.5, 0.6) is 0 Å². The summed E-state index contributed by atoms with van der Waals surface area (Å²) in [5.74, 6) is 1.44. The monoisotopic (exact) mass is 276 g/mol. The summed E-state index contributed by atoms with van der Waals surface area (Å²) in [6.07, 6.45) is 0. The summed E-state index contributed by atoms with van der Waals surface area (Å²) in [6.45, 7) is 3.67. The quantitative estimate of drug-likeness (QED) is 0.643. The number of benzene rings is 2. The lowest BCUT2D eigenvalue weighted by Crippen LogP contribution is -2.01. The number of aryl methyl sites for hydroxylation is 2. The van der Waals surface area contributed by atoms with E-state index in [9.17, 15) is 4.79 Å². The first-order valence-electron chi connectivity index (χ1n) is 6.92. The Morgan fingerprint density at radius 2 is 1.48 bits per heavy atom. The largest absolute Gasteiger partial charge is 0.466 e. The molecule has 0 aliphatic carbocycles. The van der Waals surface area contributed by atoms with Crippen molar-refractivity contribution in [2.24, 2.45) is 0 Å². The number of ketones is 1. The molecule has 1 aromatic heterocycles. The second-order valence-electron chi connectivity index (χ2n) is 5.10. The summed E-state index contributed by atoms with van der Waals surface area (Å²) in [5, 5.41) is 0. The van der Waals surface area contributed by atoms with Crippen molar-refractivity contribution in [1.82, 2.24) is 0 Å². The van der Waals surface area contributed by atoms with Crippen molar-refractivity contribution < 1.29 is 9.21 Å². The van der Waals surface area contributed by atoms with E-state index in [1.807, 2.05) is 56.3 Å². The molecule has 0 unspecified atom stereocenters. The molecule has 0 spiro atoms. The van der Waals surface area contributed by atoms with Gasteiger partial charge < -0.3 is 4.42 Å². The highest BCUT2D eigenvalue weighted by Crippen LogP contribution is 2.22. The van der Waals surface area contributed by atoms with E-state index >= 15 is 0 Å². The fourth-order valence-corrected chi connectivity index (χ4v) is 2.46. The summed E-state index contributed by atoms with van der Waals surface area (Å²) in [4.78, 5) is 12.5. The van der Waals surface area contributed by atoms with E-state index in [1.54, 1.807) is 6.07 Å². The van der Waals surface area contributed by atoms with Crippen LogP contribution in [0.1, 0.15) is 27.4 Å². The number of rotatable bonds is 3. The van der Waals surface area contributed by atoms with Crippen molar-refractivity contribution in [3.05, 3.63) is 83.3 Å². The van der Waals surface area contributed by atoms with Crippen LogP contribution in [0, 0.1) is 13.8 Å². The topological polar surface area (TPSA) is 30.2 Å². The number of hydrogen-bond donors (Lipinski definition) is 0. The molecule has 0 saturated heterocycles. The minimum Gasteiger partial charge on any atom is -0.466 e. The smallest absolute Gasteiger partial charge is 0.196 e. The summed E-state index contributed by atoms with van der Waals surface area (Å²) in [5.41, 5.74) is 3.57. The van der Waals surface area contributed by atoms with E-state index in [0.717, 1.165) is 16.9 Å². The molecule has 0 N–H and O–H groups in total. The van der Waals surface area contributed by atoms with Gasteiger partial charge >= 0.3 is 0 Å². The maximum Gasteiger partial charge on any atom is 0.196 e. The average molecular weight is 276 g/mol. The van der Waals surface area contributed by atoms with Crippen LogP contribution in [0.2, 0.25) is 0 Å². The first kappa shape index (κ1) is 13.4. The predicted octanol–water partition coefficient (Wildman–Crippen LogP) is 4.79. The Morgan fingerprint density at radius 3 is 2.05 bits per heavy atom. The molecular weight excluding hydrogens is 260 g/mol. The minimum atomic E-state index is 0.00367. The van der Waals surface area contributed by atoms with E-state index in [0.29, 0.717) is 16.9 Å². The zero-order valence-corrected chi connectivity index (χ0v) is 12.1. The molecule has 0 fully saturated rings. The third kappa shape index (κ3) is 2.65. The van der Waals surface area contributed by atoms with E-state index < -0.39 is 0 Å². The molecule has 0 amide bonds. The molecule has 0 saturated carbocycles. The Bertz CT molecular complexity index is 765. The third-order valence-corrected chi connectivity index (χ3v) is 3.54. The van der Waals surface area contributed by atoms with Crippen LogP contribution < -0.4 is 0 Å². The molecule has 3 rings (SSSR count). The Morgan fingerprint density at radius 1 is 0.857 bits per heavy atom. The molecule has 0 radical (unpaired) electrons. The van der Waals surface area contributed by atoms with Gasteiger partial charge in [0.25, 0.3) is 0 Å². The van der Waals surface area contributed by atoms with Gasteiger partial charge in [0, 0.05) is 5.56 Å². The fourth-order valence-electron chi connectivity index (χ4n) is 2.46. The lowest BCUT2D eigenvalue weighted by molar-refractivity contribution is 0.103. The molecule has 0 aliphatic rings. The van der Waals surface area contributed by atoms with E-state index in [-0.39, 0.29) is 5.78 Å². The van der Waals surface area contributed by atoms with Gasteiger partial charge in [-0.05, 0) is 31.0 Å². The van der Waals surface area contributed by atoms with Crippen molar-refractivity contribution in [2.45, 2.75) is 13.8 Å². The molecule has 2 heteroatoms. The molecule has 1 heterocycles. The van der Waals surface area contributed by atoms with E-state index in [2.05, 4.69) is 12.1 Å². The van der Waals surface area contributed by atoms with Gasteiger partial charge in [-0.2, -0.15) is 0 Å². The molecule has 0 atom stereocenters. The normalized spacial score (nSPS) is 10.6. The lowest BCUT2D eigenvalue weighted by atomic mass is 9.99. The van der Waals surface area contributed by atoms with Crippen LogP contribution in [0.3, 0.4) is 0 Å². The highest BCUT2D eigenvalue weighted by Gasteiger charge is 2.15. The molecule has 3 aromatic rings. The molecule has 2 nitrogen and oxygen atoms in total. The van der Waals surface area contributed by atoms with Crippen molar-refractivity contribution >= 4 is 5.78 Å². The first-order chi connectivity index (χ1) is 10.1. The summed E-state index contributed by atoms with van der Waals surface area (Å²) < 4.78 is 5.43. The molecule has 0 aliphatic heterocycles. The Balaban J connectivity index is 1.91. The molecular formula is C19H16O2. The average Bonchev–Trinajstić information content (AvgIpc) is 2.86. The summed E-state index contributed by atoms with van der Waals surface area (Å²) in [7, 11) is 0. The number of hydrogen-bond acceptors (Lipinski definition) is 2. The highest BCUT2D eigenvalue weighted by atomic mass is 16.3. The Hall–Kier alpha value is -2.61. The SMILES string of the molecule is Cc1cc(C(=O)c2ccc(-c3ccccc3)cc2)c(C)o1. The number of carbonyl (C=O) groups excluding carboxylic acids is 1. The zero-order valence-electron chi connectivity index (χ0n) is 12.1. The fraction of sp³-hybridized carbons (Fsp3) is 0.105. The van der Waals surface area contributed by atoms with Gasteiger partial charge in [-0.3, -0.25) is 4.79 Å². The molecule has 0 bridgehead atoms. The van der Waals surface area contributed by atoms with Crippen LogP contribution in [-0.4, -0.2) is 5.78 Å². The Labute approximate surface area is 124 Å². The van der Waals surface area contributed by atoms with Crippen molar-refractivity contribution in [3.8, 4) is 11.1 Å². The summed E-state index contributed by atoms with van der Waals surface area (Å²) in [6, 6.07) is 19.6. The van der Waals surface area contributed by atoms with Gasteiger partial charge in [0.1, 0.15) is 11.5 Å². The van der Waals surface area contributed by atoms with Crippen LogP contribution in [-0.2, 0) is 0 Å². The zero-order chi connectivity index (χ0) is 14.8. The van der Waals surface area contributed by atoms with E-state index in [4.69, 9.17) is 4.42 Å². The molecule has 104 valence electrons. The van der Waals surface area contributed by atoms with Crippen LogP contribution in [0.4, 0.5) is 0 Å².